The number of hydrogen-bond acceptors (Lipinski definition) is 3. The Balaban J connectivity index is 2.42. The number of carbonyl (C=O) groups is 2. The Morgan fingerprint density at radius 1 is 1.21 bits per heavy atom. The minimum absolute atomic E-state index is 0.280. The molecule has 4 nitrogen and oxygen atoms in total. The number of hydrogen-bond donors (Lipinski definition) is 1. The van der Waals surface area contributed by atoms with Crippen LogP contribution in [0.25, 0.3) is 0 Å². The zero-order valence-electron chi connectivity index (χ0n) is 11.5. The fourth-order valence-electron chi connectivity index (χ4n) is 1.43. The van der Waals surface area contributed by atoms with Gasteiger partial charge in [-0.15, -0.1) is 0 Å². The number of esters is 1. The van der Waals surface area contributed by atoms with E-state index in [4.69, 9.17) is 4.74 Å². The van der Waals surface area contributed by atoms with Crippen LogP contribution in [-0.2, 0) is 20.7 Å². The Morgan fingerprint density at radius 3 is 2.37 bits per heavy atom. The van der Waals surface area contributed by atoms with Crippen molar-refractivity contribution in [3.63, 3.8) is 0 Å². The fourth-order valence-corrected chi connectivity index (χ4v) is 1.43. The largest absolute Gasteiger partial charge is 0.452 e. The first-order valence-electron chi connectivity index (χ1n) is 6.21. The second-order valence-corrected chi connectivity index (χ2v) is 4.43. The van der Waals surface area contributed by atoms with Crippen molar-refractivity contribution < 1.29 is 14.3 Å². The van der Waals surface area contributed by atoms with Crippen molar-refractivity contribution in [3.8, 4) is 0 Å². The molecule has 0 saturated heterocycles. The lowest BCUT2D eigenvalue weighted by atomic mass is 10.1. The highest BCUT2D eigenvalue weighted by Gasteiger charge is 2.05. The molecule has 0 radical (unpaired) electrons. The molecule has 1 aromatic carbocycles. The fraction of sp³-hybridized carbons (Fsp3) is 0.333. The van der Waals surface area contributed by atoms with Gasteiger partial charge in [-0.3, -0.25) is 4.79 Å². The first-order valence-corrected chi connectivity index (χ1v) is 6.21. The molecule has 102 valence electrons. The molecule has 0 spiro atoms. The summed E-state index contributed by atoms with van der Waals surface area (Å²) in [7, 11) is 0. The van der Waals surface area contributed by atoms with Gasteiger partial charge in [-0.25, -0.2) is 4.79 Å². The van der Waals surface area contributed by atoms with E-state index in [2.05, 4.69) is 12.2 Å². The van der Waals surface area contributed by atoms with Crippen LogP contribution >= 0.6 is 0 Å². The van der Waals surface area contributed by atoms with E-state index in [1.165, 1.54) is 11.6 Å². The molecule has 1 N–H and O–H groups in total. The summed E-state index contributed by atoms with van der Waals surface area (Å²) in [4.78, 5) is 22.8. The van der Waals surface area contributed by atoms with Crippen molar-refractivity contribution in [2.75, 3.05) is 11.9 Å². The van der Waals surface area contributed by atoms with Gasteiger partial charge < -0.3 is 10.1 Å². The van der Waals surface area contributed by atoms with E-state index in [9.17, 15) is 9.59 Å². The molecule has 1 rings (SSSR count). The van der Waals surface area contributed by atoms with Crippen LogP contribution in [0.3, 0.4) is 0 Å². The molecular weight excluding hydrogens is 242 g/mol. The molecule has 0 aromatic heterocycles. The van der Waals surface area contributed by atoms with E-state index >= 15 is 0 Å². The van der Waals surface area contributed by atoms with Crippen molar-refractivity contribution in [1.29, 1.82) is 0 Å². The van der Waals surface area contributed by atoms with Crippen LogP contribution in [0.1, 0.15) is 26.3 Å². The molecule has 0 bridgehead atoms. The number of allylic oxidation sites excluding steroid dienone is 1. The van der Waals surface area contributed by atoms with Crippen LogP contribution in [0, 0.1) is 0 Å². The highest BCUT2D eigenvalue weighted by molar-refractivity contribution is 5.93. The highest BCUT2D eigenvalue weighted by atomic mass is 16.5. The molecule has 19 heavy (non-hydrogen) atoms. The van der Waals surface area contributed by atoms with Crippen molar-refractivity contribution in [2.24, 2.45) is 0 Å². The summed E-state index contributed by atoms with van der Waals surface area (Å²) < 4.78 is 4.80. The highest BCUT2D eigenvalue weighted by Crippen LogP contribution is 2.09. The third kappa shape index (κ3) is 5.86. The third-order valence-electron chi connectivity index (χ3n) is 2.40. The summed E-state index contributed by atoms with van der Waals surface area (Å²) in [5.74, 6) is -0.851. The van der Waals surface area contributed by atoms with Gasteiger partial charge in [0.25, 0.3) is 5.91 Å². The lowest BCUT2D eigenvalue weighted by molar-refractivity contribution is -0.142. The van der Waals surface area contributed by atoms with Gasteiger partial charge in [0.2, 0.25) is 0 Å². The number of nitrogens with one attached hydrogen (secondary N) is 1. The standard InChI is InChI=1S/C15H19NO3/c1-4-12-5-7-13(8-6-12)16-14(17)10-19-15(18)9-11(2)3/h5-9H,4,10H2,1-3H3,(H,16,17). The molecule has 0 aliphatic carbocycles. The minimum Gasteiger partial charge on any atom is -0.452 e. The van der Waals surface area contributed by atoms with E-state index in [0.29, 0.717) is 5.69 Å². The first-order chi connectivity index (χ1) is 9.01. The predicted molar refractivity (Wildman–Crippen MR) is 74.8 cm³/mol. The average Bonchev–Trinajstić information content (AvgIpc) is 2.36. The van der Waals surface area contributed by atoms with Gasteiger partial charge in [-0.1, -0.05) is 24.6 Å². The molecule has 0 heterocycles. The predicted octanol–water partition coefficient (Wildman–Crippen LogP) is 2.70. The molecule has 0 unspecified atom stereocenters. The SMILES string of the molecule is CCc1ccc(NC(=O)COC(=O)C=C(C)C)cc1. The lowest BCUT2D eigenvalue weighted by Gasteiger charge is -2.06. The number of ether oxygens (including phenoxy) is 1. The summed E-state index contributed by atoms with van der Waals surface area (Å²) >= 11 is 0. The molecule has 0 aliphatic rings. The van der Waals surface area contributed by atoms with Crippen molar-refractivity contribution in [3.05, 3.63) is 41.5 Å². The Bertz CT molecular complexity index is 471. The summed E-state index contributed by atoms with van der Waals surface area (Å²) in [5, 5.41) is 2.67. The number of carbonyl (C=O) groups excluding carboxylic acids is 2. The van der Waals surface area contributed by atoms with E-state index in [1.54, 1.807) is 13.8 Å². The van der Waals surface area contributed by atoms with E-state index < -0.39 is 5.97 Å². The lowest BCUT2D eigenvalue weighted by Crippen LogP contribution is -2.20. The monoisotopic (exact) mass is 261 g/mol. The molecule has 0 aliphatic heterocycles. The van der Waals surface area contributed by atoms with E-state index in [0.717, 1.165) is 12.0 Å². The Kier molecular flexibility index (Phi) is 5.79. The number of rotatable bonds is 5. The summed E-state index contributed by atoms with van der Waals surface area (Å²) in [5.41, 5.74) is 2.73. The third-order valence-corrected chi connectivity index (χ3v) is 2.40. The molecular formula is C15H19NO3. The topological polar surface area (TPSA) is 55.4 Å². The van der Waals surface area contributed by atoms with E-state index in [-0.39, 0.29) is 12.5 Å². The Morgan fingerprint density at radius 2 is 1.84 bits per heavy atom. The van der Waals surface area contributed by atoms with Crippen LogP contribution in [-0.4, -0.2) is 18.5 Å². The minimum atomic E-state index is -0.503. The van der Waals surface area contributed by atoms with Gasteiger partial charge in [0.1, 0.15) is 0 Å². The maximum absolute atomic E-state index is 11.5. The molecule has 0 atom stereocenters. The number of amides is 1. The second kappa shape index (κ2) is 7.36. The Hall–Kier alpha value is -2.10. The van der Waals surface area contributed by atoms with Gasteiger partial charge in [0.05, 0.1) is 0 Å². The maximum atomic E-state index is 11.5. The molecule has 0 fully saturated rings. The van der Waals surface area contributed by atoms with Gasteiger partial charge in [0, 0.05) is 11.8 Å². The molecule has 0 saturated carbocycles. The molecule has 1 aromatic rings. The molecule has 1 amide bonds. The van der Waals surface area contributed by atoms with Gasteiger partial charge >= 0.3 is 5.97 Å². The number of aryl methyl sites for hydroxylation is 1. The average molecular weight is 261 g/mol. The summed E-state index contributed by atoms with van der Waals surface area (Å²) in [6, 6.07) is 7.55. The zero-order chi connectivity index (χ0) is 14.3. The van der Waals surface area contributed by atoms with E-state index in [1.807, 2.05) is 24.3 Å². The van der Waals surface area contributed by atoms with Crippen LogP contribution < -0.4 is 5.32 Å². The van der Waals surface area contributed by atoms with Crippen molar-refractivity contribution in [2.45, 2.75) is 27.2 Å². The van der Waals surface area contributed by atoms with Crippen LogP contribution in [0.4, 0.5) is 5.69 Å². The zero-order valence-corrected chi connectivity index (χ0v) is 11.5. The van der Waals surface area contributed by atoms with Crippen LogP contribution in [0.15, 0.2) is 35.9 Å². The van der Waals surface area contributed by atoms with Crippen LogP contribution in [0.5, 0.6) is 0 Å². The summed E-state index contributed by atoms with van der Waals surface area (Å²) in [6.45, 7) is 5.36. The van der Waals surface area contributed by atoms with Gasteiger partial charge in [0.15, 0.2) is 6.61 Å². The van der Waals surface area contributed by atoms with Crippen molar-refractivity contribution in [1.82, 2.24) is 0 Å². The maximum Gasteiger partial charge on any atom is 0.331 e. The normalized spacial score (nSPS) is 9.63. The first kappa shape index (κ1) is 15.0. The Labute approximate surface area is 113 Å². The quantitative estimate of drug-likeness (QED) is 0.655. The number of anilines is 1. The second-order valence-electron chi connectivity index (χ2n) is 4.43. The van der Waals surface area contributed by atoms with Crippen LogP contribution in [0.2, 0.25) is 0 Å². The van der Waals surface area contributed by atoms with Gasteiger partial charge in [-0.2, -0.15) is 0 Å². The van der Waals surface area contributed by atoms with Crippen molar-refractivity contribution >= 4 is 17.6 Å². The number of benzene rings is 1. The smallest absolute Gasteiger partial charge is 0.331 e. The van der Waals surface area contributed by atoms with Gasteiger partial charge in [-0.05, 0) is 38.0 Å². The molecule has 4 heteroatoms. The summed E-state index contributed by atoms with van der Waals surface area (Å²) in [6.07, 6.45) is 2.30.